The smallest absolute Gasteiger partial charge is 0.306 e. The number of fused-ring (bicyclic) bond motifs is 2. The maximum atomic E-state index is 11.7. The van der Waals surface area contributed by atoms with Crippen LogP contribution in [0, 0.1) is 22.7 Å². The molecule has 3 fully saturated rings. The molecule has 3 rings (SSSR count). The zero-order valence-corrected chi connectivity index (χ0v) is 12.7. The maximum absolute atomic E-state index is 11.7. The molecule has 1 heterocycles. The first-order valence-corrected chi connectivity index (χ1v) is 7.80. The van der Waals surface area contributed by atoms with Gasteiger partial charge in [-0.3, -0.25) is 4.79 Å². The zero-order valence-electron chi connectivity index (χ0n) is 12.7. The second-order valence-corrected chi connectivity index (χ2v) is 7.72. The van der Waals surface area contributed by atoms with Gasteiger partial charge in [-0.15, -0.1) is 0 Å². The van der Waals surface area contributed by atoms with Gasteiger partial charge in [0, 0.05) is 10.8 Å². The fourth-order valence-corrected chi connectivity index (χ4v) is 5.28. The van der Waals surface area contributed by atoms with E-state index in [1.165, 1.54) is 0 Å². The van der Waals surface area contributed by atoms with Crippen LogP contribution in [0.2, 0.25) is 0 Å². The summed E-state index contributed by atoms with van der Waals surface area (Å²) in [6.07, 6.45) is 3.16. The third kappa shape index (κ3) is 1.58. The monoisotopic (exact) mass is 282 g/mol. The van der Waals surface area contributed by atoms with Gasteiger partial charge in [0.25, 0.3) is 0 Å². The van der Waals surface area contributed by atoms with Crippen LogP contribution in [0.15, 0.2) is 0 Å². The van der Waals surface area contributed by atoms with Crippen molar-refractivity contribution in [1.29, 1.82) is 0 Å². The van der Waals surface area contributed by atoms with E-state index in [1.54, 1.807) is 6.92 Å². The summed E-state index contributed by atoms with van der Waals surface area (Å²) >= 11 is 0. The van der Waals surface area contributed by atoms with Gasteiger partial charge >= 0.3 is 5.97 Å². The summed E-state index contributed by atoms with van der Waals surface area (Å²) in [5.41, 5.74) is -1.58. The third-order valence-electron chi connectivity index (χ3n) is 7.05. The molecule has 4 nitrogen and oxygen atoms in total. The van der Waals surface area contributed by atoms with Gasteiger partial charge in [-0.1, -0.05) is 13.8 Å². The molecule has 1 saturated heterocycles. The average molecular weight is 282 g/mol. The normalized spacial score (nSPS) is 55.6. The highest BCUT2D eigenvalue weighted by atomic mass is 16.5. The number of hydrogen-bond acceptors (Lipinski definition) is 4. The van der Waals surface area contributed by atoms with Gasteiger partial charge in [0.15, 0.2) is 0 Å². The Bertz CT molecular complexity index is 432. The lowest BCUT2D eigenvalue weighted by Crippen LogP contribution is -2.65. The Morgan fingerprint density at radius 2 is 1.95 bits per heavy atom. The average Bonchev–Trinajstić information content (AvgIpc) is 2.76. The van der Waals surface area contributed by atoms with Crippen LogP contribution in [0.3, 0.4) is 0 Å². The Labute approximate surface area is 120 Å². The number of hydrogen-bond donors (Lipinski definition) is 2. The Hall–Kier alpha value is -0.610. The second-order valence-electron chi connectivity index (χ2n) is 7.72. The summed E-state index contributed by atoms with van der Waals surface area (Å²) < 4.78 is 5.32. The maximum Gasteiger partial charge on any atom is 0.306 e. The van der Waals surface area contributed by atoms with Gasteiger partial charge in [0.05, 0.1) is 24.7 Å². The summed E-state index contributed by atoms with van der Waals surface area (Å²) in [5.74, 6) is 0.563. The quantitative estimate of drug-likeness (QED) is 0.666. The van der Waals surface area contributed by atoms with E-state index in [0.29, 0.717) is 25.4 Å². The summed E-state index contributed by atoms with van der Waals surface area (Å²) in [4.78, 5) is 11.7. The molecule has 0 bridgehead atoms. The first-order valence-electron chi connectivity index (χ1n) is 7.80. The standard InChI is InChI=1S/C16H26O4/c1-10-6-7-14(2)11(4-5-12(17)15(14,3)19)16(10)8-13(18)20-9-16/h10-12,17,19H,4-9H2,1-3H3/t10-,11?,12-,14-,15+,16-/m1/s1. The molecule has 20 heavy (non-hydrogen) atoms. The van der Waals surface area contributed by atoms with Crippen molar-refractivity contribution < 1.29 is 19.7 Å². The van der Waals surface area contributed by atoms with Crippen molar-refractivity contribution >= 4 is 5.97 Å². The van der Waals surface area contributed by atoms with Gasteiger partial charge in [-0.25, -0.2) is 0 Å². The van der Waals surface area contributed by atoms with Crippen LogP contribution >= 0.6 is 0 Å². The molecule has 2 N–H and O–H groups in total. The van der Waals surface area contributed by atoms with E-state index >= 15 is 0 Å². The van der Waals surface area contributed by atoms with Gasteiger partial charge in [0.1, 0.15) is 0 Å². The molecule has 1 aliphatic heterocycles. The lowest BCUT2D eigenvalue weighted by Gasteiger charge is -2.62. The molecule has 4 heteroatoms. The van der Waals surface area contributed by atoms with Gasteiger partial charge < -0.3 is 14.9 Å². The third-order valence-corrected chi connectivity index (χ3v) is 7.05. The van der Waals surface area contributed by atoms with Crippen LogP contribution in [0.25, 0.3) is 0 Å². The summed E-state index contributed by atoms with van der Waals surface area (Å²) in [5, 5.41) is 21.2. The number of carbonyl (C=O) groups is 1. The van der Waals surface area contributed by atoms with Crippen LogP contribution in [0.4, 0.5) is 0 Å². The van der Waals surface area contributed by atoms with Crippen LogP contribution in [-0.2, 0) is 9.53 Å². The van der Waals surface area contributed by atoms with Crippen molar-refractivity contribution in [3.05, 3.63) is 0 Å². The topological polar surface area (TPSA) is 66.8 Å². The molecule has 0 radical (unpaired) electrons. The lowest BCUT2D eigenvalue weighted by atomic mass is 9.43. The predicted molar refractivity (Wildman–Crippen MR) is 73.9 cm³/mol. The van der Waals surface area contributed by atoms with Crippen molar-refractivity contribution in [1.82, 2.24) is 0 Å². The number of aliphatic hydroxyl groups excluding tert-OH is 1. The van der Waals surface area contributed by atoms with Crippen molar-refractivity contribution in [2.45, 2.75) is 64.6 Å². The van der Waals surface area contributed by atoms with Gasteiger partial charge in [-0.2, -0.15) is 0 Å². The van der Waals surface area contributed by atoms with E-state index in [9.17, 15) is 15.0 Å². The number of ether oxygens (including phenoxy) is 1. The molecule has 1 spiro atoms. The Morgan fingerprint density at radius 3 is 2.55 bits per heavy atom. The van der Waals surface area contributed by atoms with E-state index in [4.69, 9.17) is 4.74 Å². The van der Waals surface area contributed by atoms with Crippen molar-refractivity contribution in [2.24, 2.45) is 22.7 Å². The highest BCUT2D eigenvalue weighted by Crippen LogP contribution is 2.65. The fourth-order valence-electron chi connectivity index (χ4n) is 5.28. The number of rotatable bonds is 0. The lowest BCUT2D eigenvalue weighted by molar-refractivity contribution is -0.236. The van der Waals surface area contributed by atoms with Crippen molar-refractivity contribution in [3.8, 4) is 0 Å². The Morgan fingerprint density at radius 1 is 1.25 bits per heavy atom. The van der Waals surface area contributed by atoms with Crippen LogP contribution in [0.1, 0.15) is 52.9 Å². The minimum atomic E-state index is -1.09. The first kappa shape index (κ1) is 14.3. The van der Waals surface area contributed by atoms with E-state index in [-0.39, 0.29) is 22.7 Å². The fraction of sp³-hybridized carbons (Fsp3) is 0.938. The van der Waals surface area contributed by atoms with E-state index in [1.807, 2.05) is 0 Å². The van der Waals surface area contributed by atoms with E-state index in [0.717, 1.165) is 19.3 Å². The van der Waals surface area contributed by atoms with Gasteiger partial charge in [0.2, 0.25) is 0 Å². The molecule has 0 amide bonds. The number of cyclic esters (lactones) is 1. The van der Waals surface area contributed by atoms with Crippen molar-refractivity contribution in [3.63, 3.8) is 0 Å². The molecule has 2 aliphatic carbocycles. The molecule has 6 atom stereocenters. The largest absolute Gasteiger partial charge is 0.465 e. The highest BCUT2D eigenvalue weighted by molar-refractivity contribution is 5.72. The van der Waals surface area contributed by atoms with E-state index < -0.39 is 11.7 Å². The number of carbonyl (C=O) groups excluding carboxylic acids is 1. The van der Waals surface area contributed by atoms with Crippen LogP contribution in [0.5, 0.6) is 0 Å². The minimum Gasteiger partial charge on any atom is -0.465 e. The van der Waals surface area contributed by atoms with Gasteiger partial charge in [-0.05, 0) is 44.4 Å². The Kier molecular flexibility index (Phi) is 3.01. The number of aliphatic hydroxyl groups is 2. The molecule has 3 aliphatic rings. The molecule has 114 valence electrons. The molecular formula is C16H26O4. The molecule has 0 aromatic heterocycles. The first-order chi connectivity index (χ1) is 9.24. The summed E-state index contributed by atoms with van der Waals surface area (Å²) in [6, 6.07) is 0. The molecule has 0 aromatic carbocycles. The minimum absolute atomic E-state index is 0.105. The molecule has 0 aromatic rings. The Balaban J connectivity index is 2.04. The predicted octanol–water partition coefficient (Wildman–Crippen LogP) is 1.88. The molecule has 1 unspecified atom stereocenters. The highest BCUT2D eigenvalue weighted by Gasteiger charge is 2.66. The molecular weight excluding hydrogens is 256 g/mol. The molecule has 2 saturated carbocycles. The SMILES string of the molecule is C[C@@H]1CC[C@]2(C)C(CC[C@@H](O)[C@]2(C)O)[C@]12COC(=O)C2. The van der Waals surface area contributed by atoms with Crippen LogP contribution in [-0.4, -0.2) is 34.5 Å². The zero-order chi connectivity index (χ0) is 14.8. The number of esters is 1. The second kappa shape index (κ2) is 4.20. The summed E-state index contributed by atoms with van der Waals surface area (Å²) in [7, 11) is 0. The van der Waals surface area contributed by atoms with Crippen molar-refractivity contribution in [2.75, 3.05) is 6.61 Å². The van der Waals surface area contributed by atoms with Crippen LogP contribution < -0.4 is 0 Å². The van der Waals surface area contributed by atoms with E-state index in [2.05, 4.69) is 13.8 Å². The summed E-state index contributed by atoms with van der Waals surface area (Å²) in [6.45, 7) is 6.56.